The molecular formula is C14H14FN3. The second-order valence-corrected chi connectivity index (χ2v) is 4.69. The molecule has 0 bridgehead atoms. The molecule has 0 aliphatic heterocycles. The first-order valence-corrected chi connectivity index (χ1v) is 6.05. The molecule has 1 heterocycles. The highest BCUT2D eigenvalue weighted by atomic mass is 19.1. The summed E-state index contributed by atoms with van der Waals surface area (Å²) in [4.78, 5) is 8.27. The van der Waals surface area contributed by atoms with Crippen LogP contribution in [0, 0.1) is 12.7 Å². The quantitative estimate of drug-likeness (QED) is 0.882. The van der Waals surface area contributed by atoms with Crippen molar-refractivity contribution in [2.75, 3.05) is 5.73 Å². The molecule has 0 atom stereocenters. The van der Waals surface area contributed by atoms with Crippen LogP contribution in [0.3, 0.4) is 0 Å². The van der Waals surface area contributed by atoms with Crippen LogP contribution in [0.25, 0.3) is 11.4 Å². The standard InChI is InChI=1S/C14H14FN3/c1-8-12(15)13(16)18-14(17-8)11-5-3-2-4-10(11)9-6-7-9/h2-5,9H,6-7H2,1H3,(H2,16,17,18). The molecular weight excluding hydrogens is 229 g/mol. The molecule has 3 rings (SSSR count). The van der Waals surface area contributed by atoms with Crippen molar-refractivity contribution in [2.45, 2.75) is 25.7 Å². The van der Waals surface area contributed by atoms with Gasteiger partial charge in [0.25, 0.3) is 0 Å². The normalized spacial score (nSPS) is 14.8. The lowest BCUT2D eigenvalue weighted by Crippen LogP contribution is -2.04. The summed E-state index contributed by atoms with van der Waals surface area (Å²) in [7, 11) is 0. The molecule has 92 valence electrons. The lowest BCUT2D eigenvalue weighted by atomic mass is 10.0. The predicted molar refractivity (Wildman–Crippen MR) is 68.6 cm³/mol. The van der Waals surface area contributed by atoms with E-state index in [9.17, 15) is 4.39 Å². The molecule has 1 aliphatic carbocycles. The zero-order valence-electron chi connectivity index (χ0n) is 10.2. The Morgan fingerprint density at radius 2 is 1.94 bits per heavy atom. The fraction of sp³-hybridized carbons (Fsp3) is 0.286. The number of aromatic nitrogens is 2. The smallest absolute Gasteiger partial charge is 0.186 e. The van der Waals surface area contributed by atoms with Crippen molar-refractivity contribution < 1.29 is 4.39 Å². The number of nitrogens with two attached hydrogens (primary N) is 1. The third kappa shape index (κ3) is 1.83. The average molecular weight is 243 g/mol. The van der Waals surface area contributed by atoms with Crippen molar-refractivity contribution in [2.24, 2.45) is 0 Å². The van der Waals surface area contributed by atoms with Gasteiger partial charge in [-0.3, -0.25) is 0 Å². The molecule has 1 fully saturated rings. The SMILES string of the molecule is Cc1nc(-c2ccccc2C2CC2)nc(N)c1F. The van der Waals surface area contributed by atoms with Crippen molar-refractivity contribution in [3.05, 3.63) is 41.3 Å². The van der Waals surface area contributed by atoms with E-state index in [2.05, 4.69) is 16.0 Å². The number of nitrogens with zero attached hydrogens (tertiary/aromatic N) is 2. The number of benzene rings is 1. The van der Waals surface area contributed by atoms with Gasteiger partial charge >= 0.3 is 0 Å². The molecule has 0 saturated heterocycles. The number of rotatable bonds is 2. The van der Waals surface area contributed by atoms with E-state index in [1.165, 1.54) is 18.4 Å². The second kappa shape index (κ2) is 4.05. The Kier molecular flexibility index (Phi) is 2.51. The summed E-state index contributed by atoms with van der Waals surface area (Å²) in [5.41, 5.74) is 8.08. The van der Waals surface area contributed by atoms with Crippen LogP contribution >= 0.6 is 0 Å². The van der Waals surface area contributed by atoms with Gasteiger partial charge in [-0.25, -0.2) is 14.4 Å². The van der Waals surface area contributed by atoms with Crippen LogP contribution in [-0.2, 0) is 0 Å². The van der Waals surface area contributed by atoms with Crippen LogP contribution in [0.1, 0.15) is 30.0 Å². The minimum absolute atomic E-state index is 0.0805. The van der Waals surface area contributed by atoms with Crippen LogP contribution in [0.2, 0.25) is 0 Å². The van der Waals surface area contributed by atoms with Crippen LogP contribution in [-0.4, -0.2) is 9.97 Å². The van der Waals surface area contributed by atoms with Gasteiger partial charge in [0.1, 0.15) is 0 Å². The number of nitrogen functional groups attached to an aromatic ring is 1. The van der Waals surface area contributed by atoms with Gasteiger partial charge in [-0.1, -0.05) is 24.3 Å². The van der Waals surface area contributed by atoms with Gasteiger partial charge in [-0.15, -0.1) is 0 Å². The van der Waals surface area contributed by atoms with Crippen molar-refractivity contribution >= 4 is 5.82 Å². The van der Waals surface area contributed by atoms with Gasteiger partial charge in [-0.2, -0.15) is 0 Å². The fourth-order valence-electron chi connectivity index (χ4n) is 2.15. The van der Waals surface area contributed by atoms with E-state index in [0.717, 1.165) is 5.56 Å². The van der Waals surface area contributed by atoms with Gasteiger partial charge < -0.3 is 5.73 Å². The first kappa shape index (κ1) is 11.1. The minimum atomic E-state index is -0.525. The van der Waals surface area contributed by atoms with Gasteiger partial charge in [-0.05, 0) is 31.2 Å². The lowest BCUT2D eigenvalue weighted by Gasteiger charge is -2.09. The number of hydrogen-bond donors (Lipinski definition) is 1. The largest absolute Gasteiger partial charge is 0.381 e. The number of halogens is 1. The van der Waals surface area contributed by atoms with Crippen molar-refractivity contribution in [3.8, 4) is 11.4 Å². The zero-order valence-corrected chi connectivity index (χ0v) is 10.2. The fourth-order valence-corrected chi connectivity index (χ4v) is 2.15. The van der Waals surface area contributed by atoms with Crippen molar-refractivity contribution in [1.29, 1.82) is 0 Å². The van der Waals surface area contributed by atoms with Crippen LogP contribution in [0.15, 0.2) is 24.3 Å². The van der Waals surface area contributed by atoms with E-state index in [-0.39, 0.29) is 5.82 Å². The lowest BCUT2D eigenvalue weighted by molar-refractivity contribution is 0.608. The highest BCUT2D eigenvalue weighted by molar-refractivity contribution is 5.63. The molecule has 4 heteroatoms. The minimum Gasteiger partial charge on any atom is -0.381 e. The van der Waals surface area contributed by atoms with Gasteiger partial charge in [0, 0.05) is 5.56 Å². The maximum atomic E-state index is 13.4. The first-order valence-electron chi connectivity index (χ1n) is 6.05. The topological polar surface area (TPSA) is 51.8 Å². The van der Waals surface area contributed by atoms with E-state index >= 15 is 0 Å². The maximum Gasteiger partial charge on any atom is 0.186 e. The van der Waals surface area contributed by atoms with Crippen molar-refractivity contribution in [3.63, 3.8) is 0 Å². The predicted octanol–water partition coefficient (Wildman–Crippen LogP) is 3.05. The summed E-state index contributed by atoms with van der Waals surface area (Å²) >= 11 is 0. The summed E-state index contributed by atoms with van der Waals surface area (Å²) in [5.74, 6) is 0.510. The number of aryl methyl sites for hydroxylation is 1. The Labute approximate surface area is 105 Å². The molecule has 1 aromatic heterocycles. The Hall–Kier alpha value is -1.97. The molecule has 1 saturated carbocycles. The summed E-state index contributed by atoms with van der Waals surface area (Å²) < 4.78 is 13.4. The first-order chi connectivity index (χ1) is 8.66. The molecule has 2 aromatic rings. The third-order valence-corrected chi connectivity index (χ3v) is 3.26. The summed E-state index contributed by atoms with van der Waals surface area (Å²) in [6, 6.07) is 8.02. The Bertz CT molecular complexity index is 583. The molecule has 1 aromatic carbocycles. The average Bonchev–Trinajstić information content (AvgIpc) is 3.19. The van der Waals surface area contributed by atoms with E-state index < -0.39 is 5.82 Å². The van der Waals surface area contributed by atoms with Gasteiger partial charge in [0.2, 0.25) is 0 Å². The monoisotopic (exact) mass is 243 g/mol. The van der Waals surface area contributed by atoms with Crippen LogP contribution in [0.5, 0.6) is 0 Å². The van der Waals surface area contributed by atoms with E-state index in [1.807, 2.05) is 18.2 Å². The highest BCUT2D eigenvalue weighted by Crippen LogP contribution is 2.43. The van der Waals surface area contributed by atoms with E-state index in [0.29, 0.717) is 17.4 Å². The maximum absolute atomic E-state index is 13.4. The van der Waals surface area contributed by atoms with Crippen LogP contribution in [0.4, 0.5) is 10.2 Å². The number of hydrogen-bond acceptors (Lipinski definition) is 3. The Morgan fingerprint density at radius 3 is 2.61 bits per heavy atom. The summed E-state index contributed by atoms with van der Waals surface area (Å²) in [6.45, 7) is 1.61. The summed E-state index contributed by atoms with van der Waals surface area (Å²) in [6.07, 6.45) is 2.40. The molecule has 0 spiro atoms. The number of anilines is 1. The van der Waals surface area contributed by atoms with Crippen LogP contribution < -0.4 is 5.73 Å². The Balaban J connectivity index is 2.15. The molecule has 2 N–H and O–H groups in total. The molecule has 0 unspecified atom stereocenters. The highest BCUT2D eigenvalue weighted by Gasteiger charge is 2.27. The van der Waals surface area contributed by atoms with Gasteiger partial charge in [0.05, 0.1) is 5.69 Å². The molecule has 3 nitrogen and oxygen atoms in total. The van der Waals surface area contributed by atoms with E-state index in [4.69, 9.17) is 5.73 Å². The molecule has 0 radical (unpaired) electrons. The molecule has 1 aliphatic rings. The summed E-state index contributed by atoms with van der Waals surface area (Å²) in [5, 5.41) is 0. The molecule has 18 heavy (non-hydrogen) atoms. The third-order valence-electron chi connectivity index (χ3n) is 3.26. The second-order valence-electron chi connectivity index (χ2n) is 4.69. The van der Waals surface area contributed by atoms with Crippen molar-refractivity contribution in [1.82, 2.24) is 9.97 Å². The van der Waals surface area contributed by atoms with E-state index in [1.54, 1.807) is 6.92 Å². The zero-order chi connectivity index (χ0) is 12.7. The Morgan fingerprint density at radius 1 is 1.22 bits per heavy atom. The van der Waals surface area contributed by atoms with Gasteiger partial charge in [0.15, 0.2) is 17.5 Å². The molecule has 0 amide bonds.